The van der Waals surface area contributed by atoms with Crippen LogP contribution in [0.15, 0.2) is 0 Å². The minimum atomic E-state index is -4.12. The molecule has 74 valence electrons. The van der Waals surface area contributed by atoms with E-state index in [0.29, 0.717) is 0 Å². The fraction of sp³-hybridized carbons (Fsp3) is 0.750. The van der Waals surface area contributed by atoms with Crippen LogP contribution in [0.2, 0.25) is 0 Å². The molecule has 0 aromatic heterocycles. The molecule has 0 bridgehead atoms. The first kappa shape index (κ1) is 14.5. The van der Waals surface area contributed by atoms with Crippen LogP contribution in [-0.2, 0) is 22.0 Å². The summed E-state index contributed by atoms with van der Waals surface area (Å²) in [4.78, 5) is 26.0. The van der Waals surface area contributed by atoms with Gasteiger partial charge in [0.05, 0.1) is 18.5 Å². The summed E-state index contributed by atoms with van der Waals surface area (Å²) in [5.74, 6) is -1.39. The third-order valence-electron chi connectivity index (χ3n) is 0.587. The number of carboxylic acid groups (broad SMARTS) is 1. The van der Waals surface area contributed by atoms with Crippen LogP contribution in [0.3, 0.4) is 0 Å². The number of carboxylic acids is 1. The molecule has 0 radical (unpaired) electrons. The Kier molecular flexibility index (Phi) is 9.12. The molecule has 0 aliphatic rings. The normalized spacial score (nSPS) is 10.0. The lowest BCUT2D eigenvalue weighted by molar-refractivity contribution is -0.303. The van der Waals surface area contributed by atoms with Gasteiger partial charge in [-0.05, 0) is 12.6 Å². The molecule has 0 rings (SSSR count). The zero-order valence-electron chi connectivity index (χ0n) is 6.48. The topological polar surface area (TPSA) is 110 Å². The van der Waals surface area contributed by atoms with Crippen molar-refractivity contribution in [1.29, 1.82) is 0 Å². The van der Waals surface area contributed by atoms with Gasteiger partial charge in [0.15, 0.2) is 0 Å². The first-order valence-corrected chi connectivity index (χ1v) is 5.67. The van der Waals surface area contributed by atoms with E-state index >= 15 is 0 Å². The van der Waals surface area contributed by atoms with E-state index in [1.54, 1.807) is 6.26 Å². The second kappa shape index (κ2) is 7.57. The van der Waals surface area contributed by atoms with Gasteiger partial charge < -0.3 is 25.0 Å². The zero-order valence-corrected chi connectivity index (χ0v) is 8.38. The summed E-state index contributed by atoms with van der Waals surface area (Å²) >= 11 is 2.97. The van der Waals surface area contributed by atoms with Gasteiger partial charge in [-0.2, -0.15) is 0 Å². The lowest BCUT2D eigenvalue weighted by Crippen LogP contribution is -2.34. The number of aliphatic carboxylic acids is 1. The first-order valence-electron chi connectivity index (χ1n) is 2.87. The van der Waals surface area contributed by atoms with Gasteiger partial charge in [0.2, 0.25) is 0 Å². The maximum atomic E-state index is 10.0. The molecule has 0 saturated carbocycles. The maximum Gasteiger partial charge on any atom is 0.339 e. The Labute approximate surface area is 75.6 Å². The number of hydrogen-bond acceptors (Lipinski definition) is 4. The Morgan fingerprint density at radius 1 is 1.58 bits per heavy atom. The van der Waals surface area contributed by atoms with Crippen molar-refractivity contribution in [2.75, 3.05) is 19.1 Å². The lowest BCUT2D eigenvalue weighted by atomic mass is 10.7. The smallest absolute Gasteiger partial charge is 0.339 e. The molecule has 0 aromatic rings. The molecule has 3 N–H and O–H groups in total. The second-order valence-corrected chi connectivity index (χ2v) is 3.27. The molecular formula is C4H12NO5PS. The molecule has 0 spiro atoms. The summed E-state index contributed by atoms with van der Waals surface area (Å²) in [7, 11) is -4.12. The molecule has 12 heavy (non-hydrogen) atoms. The number of rotatable bonds is 4. The summed E-state index contributed by atoms with van der Waals surface area (Å²) in [6.45, 7) is -0.550. The summed E-state index contributed by atoms with van der Waals surface area (Å²) in [5, 5.41) is 11.7. The maximum absolute atomic E-state index is 10.0. The van der Waals surface area contributed by atoms with Gasteiger partial charge in [-0.25, -0.2) is 0 Å². The van der Waals surface area contributed by atoms with Crippen molar-refractivity contribution >= 4 is 26.2 Å². The average molecular weight is 217 g/mol. The Bertz CT molecular complexity index is 169. The number of carbonyl (C=O) groups excluding carboxylic acids is 1. The van der Waals surface area contributed by atoms with Crippen molar-refractivity contribution in [2.24, 2.45) is 0 Å². The highest BCUT2D eigenvalue weighted by molar-refractivity contribution is 7.57. The zero-order chi connectivity index (χ0) is 10.2. The monoisotopic (exact) mass is 217 g/mol. The van der Waals surface area contributed by atoms with Gasteiger partial charge in [-0.1, -0.05) is 0 Å². The highest BCUT2D eigenvalue weighted by Crippen LogP contribution is 2.31. The number of hydrogen-bond donors (Lipinski definition) is 3. The van der Waals surface area contributed by atoms with Crippen LogP contribution in [0, 0.1) is 0 Å². The van der Waals surface area contributed by atoms with Crippen LogP contribution in [-0.4, -0.2) is 34.8 Å². The van der Waals surface area contributed by atoms with Crippen molar-refractivity contribution in [1.82, 2.24) is 5.32 Å². The standard InChI is InChI=1S/C3H8NO5P.CH4S/c5-3(6)1-4-2-10(7,8)9;1-2/h4H,1-2H2,(H,5,6)(H2,7,8,9);2H,1H3. The third kappa shape index (κ3) is 16.5. The largest absolute Gasteiger partial charge is 0.549 e. The minimum absolute atomic E-state index is 0.550. The molecule has 0 aliphatic heterocycles. The van der Waals surface area contributed by atoms with E-state index in [4.69, 9.17) is 9.79 Å². The third-order valence-corrected chi connectivity index (χ3v) is 1.22. The number of carbonyl (C=O) groups is 1. The fourth-order valence-corrected chi connectivity index (χ4v) is 0.707. The quantitative estimate of drug-likeness (QED) is 0.344. The molecule has 0 fully saturated rings. The molecule has 0 atom stereocenters. The Hall–Kier alpha value is -0.0700. The van der Waals surface area contributed by atoms with Crippen molar-refractivity contribution < 1.29 is 24.3 Å². The fourth-order valence-electron chi connectivity index (χ4n) is 0.304. The molecular weight excluding hydrogens is 205 g/mol. The van der Waals surface area contributed by atoms with E-state index in [0.717, 1.165) is 0 Å². The molecule has 6 nitrogen and oxygen atoms in total. The summed E-state index contributed by atoms with van der Waals surface area (Å²) < 4.78 is 10.0. The van der Waals surface area contributed by atoms with Crippen LogP contribution >= 0.6 is 7.60 Å². The van der Waals surface area contributed by atoms with E-state index < -0.39 is 26.4 Å². The molecule has 0 heterocycles. The van der Waals surface area contributed by atoms with Crippen LogP contribution in [0.1, 0.15) is 0 Å². The highest BCUT2D eigenvalue weighted by atomic mass is 32.1. The Morgan fingerprint density at radius 2 is 2.00 bits per heavy atom. The van der Waals surface area contributed by atoms with Gasteiger partial charge >= 0.3 is 7.60 Å². The van der Waals surface area contributed by atoms with Gasteiger partial charge in [0, 0.05) is 6.54 Å². The summed E-state index contributed by atoms with van der Waals surface area (Å²) in [5.41, 5.74) is 0. The minimum Gasteiger partial charge on any atom is -0.549 e. The van der Waals surface area contributed by atoms with Crippen molar-refractivity contribution in [3.05, 3.63) is 0 Å². The van der Waals surface area contributed by atoms with Gasteiger partial charge in [0.25, 0.3) is 0 Å². The van der Waals surface area contributed by atoms with Crippen molar-refractivity contribution in [3.63, 3.8) is 0 Å². The number of nitrogens with one attached hydrogen (secondary N) is 1. The highest BCUT2D eigenvalue weighted by Gasteiger charge is 2.10. The Balaban J connectivity index is 0. The first-order chi connectivity index (χ1) is 5.42. The predicted octanol–water partition coefficient (Wildman–Crippen LogP) is -2.91. The van der Waals surface area contributed by atoms with E-state index in [1.807, 2.05) is 5.32 Å². The average Bonchev–Trinajstić information content (AvgIpc) is 1.88. The van der Waals surface area contributed by atoms with Gasteiger partial charge in [0.1, 0.15) is 0 Å². The van der Waals surface area contributed by atoms with Crippen LogP contribution in [0.5, 0.6) is 0 Å². The van der Waals surface area contributed by atoms with Gasteiger partial charge in [-0.3, -0.25) is 4.57 Å². The molecule has 0 aromatic carbocycles. The second-order valence-electron chi connectivity index (χ2n) is 1.62. The Morgan fingerprint density at radius 3 is 2.25 bits per heavy atom. The van der Waals surface area contributed by atoms with Crippen LogP contribution < -0.4 is 10.4 Å². The van der Waals surface area contributed by atoms with E-state index in [2.05, 4.69) is 12.6 Å². The molecule has 0 amide bonds. The van der Waals surface area contributed by atoms with E-state index in [9.17, 15) is 14.5 Å². The molecule has 0 saturated heterocycles. The molecule has 0 unspecified atom stereocenters. The van der Waals surface area contributed by atoms with Crippen molar-refractivity contribution in [2.45, 2.75) is 0 Å². The lowest BCUT2D eigenvalue weighted by Gasteiger charge is -2.05. The van der Waals surface area contributed by atoms with Crippen LogP contribution in [0.25, 0.3) is 0 Å². The summed E-state index contributed by atoms with van der Waals surface area (Å²) in [6, 6.07) is 0. The van der Waals surface area contributed by atoms with Gasteiger partial charge in [-0.15, -0.1) is 0 Å². The van der Waals surface area contributed by atoms with E-state index in [1.165, 1.54) is 0 Å². The molecule has 8 heteroatoms. The molecule has 0 aliphatic carbocycles. The predicted molar refractivity (Wildman–Crippen MR) is 46.0 cm³/mol. The van der Waals surface area contributed by atoms with Crippen LogP contribution in [0.4, 0.5) is 0 Å². The van der Waals surface area contributed by atoms with Crippen molar-refractivity contribution in [3.8, 4) is 0 Å². The van der Waals surface area contributed by atoms with E-state index in [-0.39, 0.29) is 0 Å². The SMILES string of the molecule is C[SH2+].O=C([O-])CNCP(=O)(O)O. The summed E-state index contributed by atoms with van der Waals surface area (Å²) in [6.07, 6.45) is 1.17.